The van der Waals surface area contributed by atoms with Crippen LogP contribution in [-0.2, 0) is 7.05 Å². The van der Waals surface area contributed by atoms with Gasteiger partial charge < -0.3 is 5.32 Å². The summed E-state index contributed by atoms with van der Waals surface area (Å²) in [5.74, 6) is 0.870. The summed E-state index contributed by atoms with van der Waals surface area (Å²) < 4.78 is 1.65. The SMILES string of the molecule is Cn1ccc(Nc2nc(Cl)nc(Cl)n2)n1. The number of anilines is 2. The van der Waals surface area contributed by atoms with E-state index in [4.69, 9.17) is 23.2 Å². The first-order valence-electron chi connectivity index (χ1n) is 3.97. The fraction of sp³-hybridized carbons (Fsp3) is 0.143. The van der Waals surface area contributed by atoms with Crippen molar-refractivity contribution in [1.82, 2.24) is 24.7 Å². The van der Waals surface area contributed by atoms with Gasteiger partial charge in [0.1, 0.15) is 0 Å². The van der Waals surface area contributed by atoms with Crippen LogP contribution in [0.15, 0.2) is 12.3 Å². The molecule has 0 atom stereocenters. The molecule has 2 aromatic rings. The number of rotatable bonds is 2. The van der Waals surface area contributed by atoms with Gasteiger partial charge in [0.15, 0.2) is 5.82 Å². The molecule has 2 rings (SSSR count). The first-order chi connectivity index (χ1) is 7.13. The average molecular weight is 245 g/mol. The number of hydrogen-bond acceptors (Lipinski definition) is 5. The van der Waals surface area contributed by atoms with Gasteiger partial charge in [0.2, 0.25) is 16.5 Å². The smallest absolute Gasteiger partial charge is 0.234 e. The Morgan fingerprint density at radius 2 is 1.87 bits per heavy atom. The van der Waals surface area contributed by atoms with Gasteiger partial charge in [-0.2, -0.15) is 20.1 Å². The van der Waals surface area contributed by atoms with Crippen molar-refractivity contribution in [1.29, 1.82) is 0 Å². The predicted molar refractivity (Wildman–Crippen MR) is 56.3 cm³/mol. The van der Waals surface area contributed by atoms with Crippen LogP contribution >= 0.6 is 23.2 Å². The predicted octanol–water partition coefficient (Wildman–Crippen LogP) is 1.66. The Morgan fingerprint density at radius 1 is 1.20 bits per heavy atom. The Balaban J connectivity index is 2.24. The Morgan fingerprint density at radius 3 is 2.40 bits per heavy atom. The van der Waals surface area contributed by atoms with Gasteiger partial charge in [0.25, 0.3) is 0 Å². The highest BCUT2D eigenvalue weighted by Gasteiger charge is 2.04. The van der Waals surface area contributed by atoms with E-state index in [9.17, 15) is 0 Å². The third-order valence-electron chi connectivity index (χ3n) is 1.53. The highest BCUT2D eigenvalue weighted by atomic mass is 35.5. The van der Waals surface area contributed by atoms with E-state index in [1.54, 1.807) is 24.0 Å². The highest BCUT2D eigenvalue weighted by molar-refractivity contribution is 6.31. The van der Waals surface area contributed by atoms with Gasteiger partial charge in [-0.05, 0) is 23.2 Å². The molecule has 2 heterocycles. The molecule has 0 aromatic carbocycles. The fourth-order valence-electron chi connectivity index (χ4n) is 0.978. The molecule has 8 heteroatoms. The lowest BCUT2D eigenvalue weighted by Gasteiger charge is -2.00. The molecule has 0 saturated carbocycles. The van der Waals surface area contributed by atoms with Crippen molar-refractivity contribution in [3.05, 3.63) is 22.8 Å². The molecule has 0 fully saturated rings. The molecule has 2 aromatic heterocycles. The zero-order valence-corrected chi connectivity index (χ0v) is 9.16. The number of aryl methyl sites for hydroxylation is 1. The van der Waals surface area contributed by atoms with E-state index in [-0.39, 0.29) is 16.5 Å². The zero-order chi connectivity index (χ0) is 10.8. The van der Waals surface area contributed by atoms with Crippen molar-refractivity contribution in [2.45, 2.75) is 0 Å². The Bertz CT molecular complexity index is 462. The van der Waals surface area contributed by atoms with Crippen molar-refractivity contribution in [2.75, 3.05) is 5.32 Å². The minimum Gasteiger partial charge on any atom is -0.307 e. The van der Waals surface area contributed by atoms with E-state index in [0.29, 0.717) is 5.82 Å². The molecular formula is C7H6Cl2N6. The van der Waals surface area contributed by atoms with E-state index in [1.807, 2.05) is 0 Å². The van der Waals surface area contributed by atoms with Crippen LogP contribution in [0.3, 0.4) is 0 Å². The maximum Gasteiger partial charge on any atom is 0.234 e. The number of halogens is 2. The largest absolute Gasteiger partial charge is 0.307 e. The minimum atomic E-state index is 0.0356. The van der Waals surface area contributed by atoms with Crippen molar-refractivity contribution in [3.8, 4) is 0 Å². The van der Waals surface area contributed by atoms with Crippen molar-refractivity contribution in [3.63, 3.8) is 0 Å². The maximum atomic E-state index is 5.61. The van der Waals surface area contributed by atoms with E-state index in [0.717, 1.165) is 0 Å². The van der Waals surface area contributed by atoms with Crippen LogP contribution in [0.5, 0.6) is 0 Å². The van der Waals surface area contributed by atoms with Crippen molar-refractivity contribution >= 4 is 35.0 Å². The molecule has 0 saturated heterocycles. The quantitative estimate of drug-likeness (QED) is 0.871. The molecule has 0 unspecified atom stereocenters. The van der Waals surface area contributed by atoms with Gasteiger partial charge in [-0.15, -0.1) is 0 Å². The van der Waals surface area contributed by atoms with Gasteiger partial charge in [0, 0.05) is 19.3 Å². The van der Waals surface area contributed by atoms with Crippen LogP contribution < -0.4 is 5.32 Å². The Labute approximate surface area is 95.3 Å². The lowest BCUT2D eigenvalue weighted by molar-refractivity contribution is 0.770. The van der Waals surface area contributed by atoms with Crippen LogP contribution in [-0.4, -0.2) is 24.7 Å². The van der Waals surface area contributed by atoms with E-state index in [1.165, 1.54) is 0 Å². The molecule has 15 heavy (non-hydrogen) atoms. The van der Waals surface area contributed by atoms with Crippen LogP contribution in [0.1, 0.15) is 0 Å². The van der Waals surface area contributed by atoms with Gasteiger partial charge in [0.05, 0.1) is 0 Å². The molecule has 0 aliphatic rings. The van der Waals surface area contributed by atoms with Gasteiger partial charge in [-0.3, -0.25) is 4.68 Å². The zero-order valence-electron chi connectivity index (χ0n) is 7.65. The molecule has 0 radical (unpaired) electrons. The van der Waals surface area contributed by atoms with Crippen LogP contribution in [0.4, 0.5) is 11.8 Å². The Hall–Kier alpha value is -1.40. The fourth-order valence-corrected chi connectivity index (χ4v) is 1.34. The Kier molecular flexibility index (Phi) is 2.70. The summed E-state index contributed by atoms with van der Waals surface area (Å²) >= 11 is 11.2. The summed E-state index contributed by atoms with van der Waals surface area (Å²) in [7, 11) is 1.80. The monoisotopic (exact) mass is 244 g/mol. The number of nitrogens with zero attached hydrogens (tertiary/aromatic N) is 5. The second-order valence-corrected chi connectivity index (χ2v) is 3.37. The second kappa shape index (κ2) is 4.00. The van der Waals surface area contributed by atoms with Gasteiger partial charge in [-0.1, -0.05) is 0 Å². The first-order valence-corrected chi connectivity index (χ1v) is 4.73. The average Bonchev–Trinajstić information content (AvgIpc) is 2.49. The van der Waals surface area contributed by atoms with E-state index < -0.39 is 0 Å². The molecule has 0 spiro atoms. The summed E-state index contributed by atoms with van der Waals surface area (Å²) in [4.78, 5) is 11.3. The standard InChI is InChI=1S/C7H6Cl2N6/c1-15-3-2-4(14-15)10-7-12-5(8)11-6(9)13-7/h2-3H,1H3,(H,10,11,12,13,14). The molecule has 0 bridgehead atoms. The normalized spacial score (nSPS) is 10.3. The third-order valence-corrected chi connectivity index (χ3v) is 1.87. The summed E-state index contributed by atoms with van der Waals surface area (Å²) in [5, 5.41) is 7.00. The summed E-state index contributed by atoms with van der Waals surface area (Å²) in [6.07, 6.45) is 1.78. The molecule has 78 valence electrons. The van der Waals surface area contributed by atoms with Gasteiger partial charge >= 0.3 is 0 Å². The lowest BCUT2D eigenvalue weighted by atomic mass is 10.6. The van der Waals surface area contributed by atoms with E-state index in [2.05, 4.69) is 25.4 Å². The lowest BCUT2D eigenvalue weighted by Crippen LogP contribution is -2.00. The number of aromatic nitrogens is 5. The first kappa shape index (κ1) is 10.1. The summed E-state index contributed by atoms with van der Waals surface area (Å²) in [5.41, 5.74) is 0. The van der Waals surface area contributed by atoms with Crippen LogP contribution in [0.25, 0.3) is 0 Å². The summed E-state index contributed by atoms with van der Waals surface area (Å²) in [6.45, 7) is 0. The molecule has 1 N–H and O–H groups in total. The number of nitrogens with one attached hydrogen (secondary N) is 1. The van der Waals surface area contributed by atoms with Crippen molar-refractivity contribution in [2.24, 2.45) is 7.05 Å². The van der Waals surface area contributed by atoms with Crippen molar-refractivity contribution < 1.29 is 0 Å². The van der Waals surface area contributed by atoms with Crippen LogP contribution in [0.2, 0.25) is 10.6 Å². The molecule has 0 aliphatic carbocycles. The van der Waals surface area contributed by atoms with Gasteiger partial charge in [-0.25, -0.2) is 0 Å². The number of hydrogen-bond donors (Lipinski definition) is 1. The molecular weight excluding hydrogens is 239 g/mol. The maximum absolute atomic E-state index is 5.61. The third kappa shape index (κ3) is 2.54. The highest BCUT2D eigenvalue weighted by Crippen LogP contribution is 2.13. The second-order valence-electron chi connectivity index (χ2n) is 2.70. The molecule has 0 amide bonds. The topological polar surface area (TPSA) is 68.5 Å². The summed E-state index contributed by atoms with van der Waals surface area (Å²) in [6, 6.07) is 1.77. The minimum absolute atomic E-state index is 0.0356. The molecule has 6 nitrogen and oxygen atoms in total. The van der Waals surface area contributed by atoms with E-state index >= 15 is 0 Å². The molecule has 0 aliphatic heterocycles. The van der Waals surface area contributed by atoms with Crippen LogP contribution in [0, 0.1) is 0 Å².